The molecule has 8 heteroatoms. The Balaban J connectivity index is 1.74. The average Bonchev–Trinajstić information content (AvgIpc) is 2.74. The predicted molar refractivity (Wildman–Crippen MR) is 124 cm³/mol. The van der Waals surface area contributed by atoms with Gasteiger partial charge in [-0.25, -0.2) is 14.6 Å². The third-order valence-electron chi connectivity index (χ3n) is 5.10. The number of rotatable bonds is 4. The summed E-state index contributed by atoms with van der Waals surface area (Å²) in [5, 5.41) is 2.85. The van der Waals surface area contributed by atoms with Crippen molar-refractivity contribution in [2.75, 3.05) is 36.4 Å². The summed E-state index contributed by atoms with van der Waals surface area (Å²) in [5.74, 6) is 1.14. The van der Waals surface area contributed by atoms with Crippen LogP contribution in [0, 0.1) is 6.92 Å². The second-order valence-electron chi connectivity index (χ2n) is 8.74. The van der Waals surface area contributed by atoms with Crippen molar-refractivity contribution in [1.82, 2.24) is 9.88 Å². The van der Waals surface area contributed by atoms with Crippen LogP contribution in [-0.4, -0.2) is 53.9 Å². The Morgan fingerprint density at radius 3 is 2.34 bits per heavy atom. The molecule has 1 aromatic carbocycles. The van der Waals surface area contributed by atoms with Gasteiger partial charge in [-0.2, -0.15) is 0 Å². The van der Waals surface area contributed by atoms with E-state index < -0.39 is 11.7 Å². The number of amides is 2. The van der Waals surface area contributed by atoms with Crippen LogP contribution >= 0.6 is 0 Å². The number of hydrogen-bond acceptors (Lipinski definition) is 6. The number of carbonyl (C=O) groups excluding carboxylic acids is 2. The first-order valence-electron chi connectivity index (χ1n) is 10.9. The van der Waals surface area contributed by atoms with E-state index in [1.165, 1.54) is 0 Å². The largest absolute Gasteiger partial charge is 0.444 e. The fourth-order valence-electron chi connectivity index (χ4n) is 3.48. The summed E-state index contributed by atoms with van der Waals surface area (Å²) < 4.78 is 10.9. The van der Waals surface area contributed by atoms with Gasteiger partial charge >= 0.3 is 12.2 Å². The molecule has 0 radical (unpaired) electrons. The predicted octanol–water partition coefficient (Wildman–Crippen LogP) is 4.62. The number of piperazine rings is 1. The minimum absolute atomic E-state index is 0.313. The highest BCUT2D eigenvalue weighted by Gasteiger charge is 2.28. The highest BCUT2D eigenvalue weighted by atomic mass is 16.6. The summed E-state index contributed by atoms with van der Waals surface area (Å²) in [6.07, 6.45) is -0.0847. The van der Waals surface area contributed by atoms with Gasteiger partial charge in [-0.3, -0.25) is 5.32 Å². The molecule has 1 aliphatic rings. The van der Waals surface area contributed by atoms with Gasteiger partial charge in [-0.05, 0) is 57.9 Å². The van der Waals surface area contributed by atoms with E-state index in [0.717, 1.165) is 17.7 Å². The second-order valence-corrected chi connectivity index (χ2v) is 8.74. The molecule has 3 rings (SSSR count). The molecule has 1 N–H and O–H groups in total. The Morgan fingerprint density at radius 1 is 1.09 bits per heavy atom. The topological polar surface area (TPSA) is 84.0 Å². The fourth-order valence-corrected chi connectivity index (χ4v) is 3.48. The molecule has 0 bridgehead atoms. The van der Waals surface area contributed by atoms with Crippen molar-refractivity contribution in [3.63, 3.8) is 0 Å². The van der Waals surface area contributed by atoms with Crippen LogP contribution in [0.1, 0.15) is 39.0 Å². The number of benzene rings is 1. The number of para-hydroxylation sites is 1. The van der Waals surface area contributed by atoms with Crippen molar-refractivity contribution in [3.8, 4) is 5.75 Å². The molecule has 1 fully saturated rings. The van der Waals surface area contributed by atoms with Crippen LogP contribution in [0.2, 0.25) is 0 Å². The molecule has 2 amide bonds. The monoisotopic (exact) mass is 440 g/mol. The molecular formula is C24H32N4O4. The van der Waals surface area contributed by atoms with Gasteiger partial charge in [0.1, 0.15) is 11.4 Å². The van der Waals surface area contributed by atoms with Gasteiger partial charge in [0.25, 0.3) is 0 Å². The van der Waals surface area contributed by atoms with Crippen LogP contribution in [0.15, 0.2) is 36.4 Å². The van der Waals surface area contributed by atoms with Crippen LogP contribution in [0.25, 0.3) is 0 Å². The average molecular weight is 441 g/mol. The lowest BCUT2D eigenvalue weighted by Crippen LogP contribution is -2.50. The van der Waals surface area contributed by atoms with Crippen molar-refractivity contribution in [1.29, 1.82) is 0 Å². The first kappa shape index (κ1) is 23.4. The van der Waals surface area contributed by atoms with Crippen molar-refractivity contribution >= 4 is 23.7 Å². The highest BCUT2D eigenvalue weighted by molar-refractivity contribution is 5.90. The number of nitrogens with one attached hydrogen (secondary N) is 1. The van der Waals surface area contributed by atoms with Gasteiger partial charge in [0.05, 0.1) is 5.69 Å². The quantitative estimate of drug-likeness (QED) is 0.747. The summed E-state index contributed by atoms with van der Waals surface area (Å²) >= 11 is 0. The third kappa shape index (κ3) is 6.12. The maximum atomic E-state index is 12.5. The molecule has 0 saturated carbocycles. The molecule has 0 atom stereocenters. The number of aromatic nitrogens is 1. The molecule has 32 heavy (non-hydrogen) atoms. The maximum Gasteiger partial charge on any atom is 0.417 e. The van der Waals surface area contributed by atoms with Gasteiger partial charge in [-0.15, -0.1) is 0 Å². The molecule has 2 heterocycles. The number of aryl methyl sites for hydroxylation is 2. The van der Waals surface area contributed by atoms with Crippen LogP contribution in [0.3, 0.4) is 0 Å². The molecule has 172 valence electrons. The molecular weight excluding hydrogens is 408 g/mol. The molecule has 0 unspecified atom stereocenters. The minimum atomic E-state index is -0.572. The van der Waals surface area contributed by atoms with Gasteiger partial charge in [0, 0.05) is 31.9 Å². The summed E-state index contributed by atoms with van der Waals surface area (Å²) in [6, 6.07) is 10.9. The highest BCUT2D eigenvalue weighted by Crippen LogP contribution is 2.28. The number of ether oxygens (including phenoxy) is 2. The van der Waals surface area contributed by atoms with Crippen molar-refractivity contribution in [3.05, 3.63) is 47.7 Å². The molecule has 1 aromatic heterocycles. The summed E-state index contributed by atoms with van der Waals surface area (Å²) in [6.45, 7) is 11.8. The zero-order chi connectivity index (χ0) is 23.3. The smallest absolute Gasteiger partial charge is 0.417 e. The van der Waals surface area contributed by atoms with E-state index in [2.05, 4.69) is 17.1 Å². The Morgan fingerprint density at radius 2 is 1.75 bits per heavy atom. The van der Waals surface area contributed by atoms with Crippen molar-refractivity contribution in [2.45, 2.75) is 46.6 Å². The Labute approximate surface area is 189 Å². The van der Waals surface area contributed by atoms with E-state index in [0.29, 0.717) is 43.4 Å². The lowest BCUT2D eigenvalue weighted by atomic mass is 10.1. The standard InChI is InChI=1S/C24H32N4O4/c1-6-18-16-20(26-22(29)31-19-10-8-7-9-11-19)21(25-17(18)2)27-12-14-28(15-13-27)23(30)32-24(3,4)5/h7-11,16H,6,12-15H2,1-5H3,(H,26,29). The normalized spacial score (nSPS) is 14.2. The van der Waals surface area contributed by atoms with Crippen molar-refractivity contribution in [2.24, 2.45) is 0 Å². The molecule has 1 aliphatic heterocycles. The maximum absolute atomic E-state index is 12.5. The third-order valence-corrected chi connectivity index (χ3v) is 5.10. The Kier molecular flexibility index (Phi) is 7.22. The number of carbonyl (C=O) groups is 2. The summed E-state index contributed by atoms with van der Waals surface area (Å²) in [4.78, 5) is 33.5. The minimum Gasteiger partial charge on any atom is -0.444 e. The van der Waals surface area contributed by atoms with E-state index in [1.54, 1.807) is 29.2 Å². The van der Waals surface area contributed by atoms with Gasteiger partial charge < -0.3 is 19.3 Å². The van der Waals surface area contributed by atoms with Gasteiger partial charge in [0.15, 0.2) is 5.82 Å². The lowest BCUT2D eigenvalue weighted by Gasteiger charge is -2.37. The molecule has 0 spiro atoms. The molecule has 1 saturated heterocycles. The molecule has 0 aliphatic carbocycles. The van der Waals surface area contributed by atoms with Crippen LogP contribution in [0.5, 0.6) is 5.75 Å². The SMILES string of the molecule is CCc1cc(NC(=O)Oc2ccccc2)c(N2CCN(C(=O)OC(C)(C)C)CC2)nc1C. The number of anilines is 2. The number of nitrogens with zero attached hydrogens (tertiary/aromatic N) is 3. The first-order chi connectivity index (χ1) is 15.2. The van der Waals surface area contributed by atoms with E-state index in [-0.39, 0.29) is 6.09 Å². The van der Waals surface area contributed by atoms with E-state index >= 15 is 0 Å². The summed E-state index contributed by atoms with van der Waals surface area (Å²) in [5.41, 5.74) is 2.04. The van der Waals surface area contributed by atoms with E-state index in [4.69, 9.17) is 14.5 Å². The van der Waals surface area contributed by atoms with Crippen LogP contribution < -0.4 is 15.0 Å². The zero-order valence-corrected chi connectivity index (χ0v) is 19.5. The van der Waals surface area contributed by atoms with E-state index in [1.807, 2.05) is 39.8 Å². The summed E-state index contributed by atoms with van der Waals surface area (Å²) in [7, 11) is 0. The first-order valence-corrected chi connectivity index (χ1v) is 10.9. The van der Waals surface area contributed by atoms with Crippen molar-refractivity contribution < 1.29 is 19.1 Å². The fraction of sp³-hybridized carbons (Fsp3) is 0.458. The molecule has 8 nitrogen and oxygen atoms in total. The zero-order valence-electron chi connectivity index (χ0n) is 19.5. The van der Waals surface area contributed by atoms with Gasteiger partial charge in [-0.1, -0.05) is 25.1 Å². The van der Waals surface area contributed by atoms with E-state index in [9.17, 15) is 9.59 Å². The lowest BCUT2D eigenvalue weighted by molar-refractivity contribution is 0.0240. The van der Waals surface area contributed by atoms with Gasteiger partial charge in [0.2, 0.25) is 0 Å². The Bertz CT molecular complexity index is 948. The number of pyridine rings is 1. The molecule has 2 aromatic rings. The number of hydrogen-bond donors (Lipinski definition) is 1. The van der Waals surface area contributed by atoms with Crippen LogP contribution in [0.4, 0.5) is 21.1 Å². The van der Waals surface area contributed by atoms with Crippen LogP contribution in [-0.2, 0) is 11.2 Å². The second kappa shape index (κ2) is 9.89. The Hall–Kier alpha value is -3.29.